The zero-order valence-electron chi connectivity index (χ0n) is 16.4. The topological polar surface area (TPSA) is 68.1 Å². The summed E-state index contributed by atoms with van der Waals surface area (Å²) >= 11 is 6.15. The van der Waals surface area contributed by atoms with E-state index in [0.29, 0.717) is 28.4 Å². The van der Waals surface area contributed by atoms with Crippen molar-refractivity contribution in [1.29, 1.82) is 0 Å². The van der Waals surface area contributed by atoms with E-state index in [1.807, 2.05) is 19.2 Å². The van der Waals surface area contributed by atoms with Crippen LogP contribution in [0, 0.1) is 6.92 Å². The highest BCUT2D eigenvalue weighted by Crippen LogP contribution is 2.31. The predicted octanol–water partition coefficient (Wildman–Crippen LogP) is 3.68. The number of fused-ring (bicyclic) bond motifs is 1. The quantitative estimate of drug-likeness (QED) is 0.680. The van der Waals surface area contributed by atoms with Gasteiger partial charge >= 0.3 is 0 Å². The number of nitrogens with one attached hydrogen (secondary N) is 1. The molecule has 3 aromatic rings. The maximum absolute atomic E-state index is 6.15. The lowest BCUT2D eigenvalue weighted by molar-refractivity contribution is 0.277. The van der Waals surface area contributed by atoms with Crippen molar-refractivity contribution in [3.05, 3.63) is 35.1 Å². The Balaban J connectivity index is 1.59. The number of rotatable bonds is 6. The summed E-state index contributed by atoms with van der Waals surface area (Å²) in [6, 6.07) is 4.23. The monoisotopic (exact) mass is 400 g/mol. The minimum absolute atomic E-state index is 0.544. The van der Waals surface area contributed by atoms with Gasteiger partial charge in [-0.25, -0.2) is 9.67 Å². The lowest BCUT2D eigenvalue weighted by Crippen LogP contribution is -2.34. The molecule has 7 nitrogen and oxygen atoms in total. The van der Waals surface area contributed by atoms with Crippen LogP contribution in [-0.2, 0) is 0 Å². The Kier molecular flexibility index (Phi) is 5.37. The van der Waals surface area contributed by atoms with Crippen LogP contribution in [0.5, 0.6) is 5.75 Å². The Hall–Kier alpha value is -2.38. The molecule has 8 heteroatoms. The summed E-state index contributed by atoms with van der Waals surface area (Å²) in [5.41, 5.74) is 2.47. The first-order chi connectivity index (χ1) is 13.6. The van der Waals surface area contributed by atoms with E-state index in [1.54, 1.807) is 24.1 Å². The molecule has 2 aromatic heterocycles. The van der Waals surface area contributed by atoms with Gasteiger partial charge in [-0.1, -0.05) is 18.5 Å². The molecule has 0 bridgehead atoms. The number of methoxy groups -OCH3 is 1. The van der Waals surface area contributed by atoms with Crippen molar-refractivity contribution in [2.45, 2.75) is 32.7 Å². The van der Waals surface area contributed by atoms with Gasteiger partial charge in [0.25, 0.3) is 0 Å². The van der Waals surface area contributed by atoms with Crippen molar-refractivity contribution in [2.75, 3.05) is 32.1 Å². The number of aromatic nitrogens is 4. The van der Waals surface area contributed by atoms with Gasteiger partial charge in [-0.05, 0) is 44.5 Å². The second-order valence-corrected chi connectivity index (χ2v) is 7.56. The van der Waals surface area contributed by atoms with Gasteiger partial charge < -0.3 is 10.1 Å². The van der Waals surface area contributed by atoms with Gasteiger partial charge in [0.05, 0.1) is 12.5 Å². The molecule has 3 heterocycles. The minimum Gasteiger partial charge on any atom is -0.494 e. The Bertz CT molecular complexity index is 988. The van der Waals surface area contributed by atoms with Gasteiger partial charge in [0, 0.05) is 36.1 Å². The van der Waals surface area contributed by atoms with Crippen LogP contribution in [0.2, 0.25) is 5.02 Å². The molecule has 0 radical (unpaired) electrons. The van der Waals surface area contributed by atoms with Crippen molar-refractivity contribution < 1.29 is 4.74 Å². The maximum Gasteiger partial charge on any atom is 0.224 e. The number of ether oxygens (including phenoxy) is 1. The van der Waals surface area contributed by atoms with E-state index < -0.39 is 0 Å². The molecule has 4 rings (SSSR count). The Labute approximate surface area is 169 Å². The molecule has 0 unspecified atom stereocenters. The van der Waals surface area contributed by atoms with E-state index in [-0.39, 0.29) is 0 Å². The van der Waals surface area contributed by atoms with Crippen LogP contribution in [0.4, 0.5) is 5.95 Å². The number of hydrogen-bond donors (Lipinski definition) is 1. The number of likely N-dealkylation sites (N-methyl/N-ethyl adjacent to an activating group) is 1. The Morgan fingerprint density at radius 3 is 3.00 bits per heavy atom. The summed E-state index contributed by atoms with van der Waals surface area (Å²) in [5, 5.41) is 9.53. The SMILES string of the molecule is CCN1CCC[C@H]1CNc1ncc2cn(-c3c(C)cc(Cl)cc3OC)nc2n1. The van der Waals surface area contributed by atoms with Crippen molar-refractivity contribution in [2.24, 2.45) is 0 Å². The smallest absolute Gasteiger partial charge is 0.224 e. The van der Waals surface area contributed by atoms with E-state index in [4.69, 9.17) is 16.3 Å². The molecular weight excluding hydrogens is 376 g/mol. The largest absolute Gasteiger partial charge is 0.494 e. The first-order valence-corrected chi connectivity index (χ1v) is 10.0. The van der Waals surface area contributed by atoms with Gasteiger partial charge in [-0.15, -0.1) is 5.10 Å². The number of hydrogen-bond acceptors (Lipinski definition) is 6. The molecule has 1 aliphatic heterocycles. The first kappa shape index (κ1) is 19.0. The third-order valence-corrected chi connectivity index (χ3v) is 5.56. The Morgan fingerprint density at radius 2 is 2.21 bits per heavy atom. The third-order valence-electron chi connectivity index (χ3n) is 5.34. The minimum atomic E-state index is 0.544. The highest BCUT2D eigenvalue weighted by Gasteiger charge is 2.22. The van der Waals surface area contributed by atoms with Gasteiger partial charge in [0.2, 0.25) is 5.95 Å². The number of nitrogens with zero attached hydrogens (tertiary/aromatic N) is 5. The van der Waals surface area contributed by atoms with Crippen LogP contribution in [0.1, 0.15) is 25.3 Å². The maximum atomic E-state index is 6.15. The highest BCUT2D eigenvalue weighted by molar-refractivity contribution is 6.30. The fourth-order valence-electron chi connectivity index (χ4n) is 3.92. The summed E-state index contributed by atoms with van der Waals surface area (Å²) in [6.07, 6.45) is 6.19. The standard InChI is InChI=1S/C20H25ClN6O/c1-4-26-7-5-6-16(26)11-23-20-22-10-14-12-27(25-19(14)24-20)18-13(2)8-15(21)9-17(18)28-3/h8-10,12,16H,4-7,11H2,1-3H3,(H,23,24,25)/t16-/m0/s1. The molecular formula is C20H25ClN6O. The molecule has 0 spiro atoms. The van der Waals surface area contributed by atoms with E-state index in [1.165, 1.54) is 19.4 Å². The van der Waals surface area contributed by atoms with Crippen molar-refractivity contribution in [3.8, 4) is 11.4 Å². The van der Waals surface area contributed by atoms with Gasteiger partial charge in [-0.2, -0.15) is 4.98 Å². The molecule has 0 amide bonds. The predicted molar refractivity (Wildman–Crippen MR) is 112 cm³/mol. The molecule has 0 saturated carbocycles. The molecule has 1 saturated heterocycles. The summed E-state index contributed by atoms with van der Waals surface area (Å²) in [5.74, 6) is 1.28. The molecule has 1 atom stereocenters. The summed E-state index contributed by atoms with van der Waals surface area (Å²) in [6.45, 7) is 7.30. The molecule has 1 fully saturated rings. The second-order valence-electron chi connectivity index (χ2n) is 7.13. The summed E-state index contributed by atoms with van der Waals surface area (Å²) in [4.78, 5) is 11.6. The van der Waals surface area contributed by atoms with Crippen LogP contribution in [-0.4, -0.2) is 57.4 Å². The van der Waals surface area contributed by atoms with Crippen LogP contribution < -0.4 is 10.1 Å². The molecule has 1 aromatic carbocycles. The second kappa shape index (κ2) is 7.93. The average molecular weight is 401 g/mol. The zero-order chi connectivity index (χ0) is 19.7. The molecule has 148 valence electrons. The lowest BCUT2D eigenvalue weighted by atomic mass is 10.2. The third kappa shape index (κ3) is 3.64. The van der Waals surface area contributed by atoms with Gasteiger partial charge in [-0.3, -0.25) is 4.90 Å². The summed E-state index contributed by atoms with van der Waals surface area (Å²) in [7, 11) is 1.63. The lowest BCUT2D eigenvalue weighted by Gasteiger charge is -2.22. The number of anilines is 1. The number of benzene rings is 1. The molecule has 1 N–H and O–H groups in total. The molecule has 1 aliphatic rings. The van der Waals surface area contributed by atoms with Gasteiger partial charge in [0.1, 0.15) is 11.4 Å². The van der Waals surface area contributed by atoms with Crippen LogP contribution in [0.25, 0.3) is 16.7 Å². The summed E-state index contributed by atoms with van der Waals surface area (Å²) < 4.78 is 7.28. The molecule has 28 heavy (non-hydrogen) atoms. The van der Waals surface area contributed by atoms with Crippen molar-refractivity contribution in [1.82, 2.24) is 24.6 Å². The van der Waals surface area contributed by atoms with Gasteiger partial charge in [0.15, 0.2) is 5.65 Å². The zero-order valence-corrected chi connectivity index (χ0v) is 17.2. The number of likely N-dealkylation sites (tertiary alicyclic amines) is 1. The normalized spacial score (nSPS) is 17.4. The first-order valence-electron chi connectivity index (χ1n) is 9.64. The molecule has 0 aliphatic carbocycles. The highest BCUT2D eigenvalue weighted by atomic mass is 35.5. The van der Waals surface area contributed by atoms with E-state index >= 15 is 0 Å². The number of halogens is 1. The van der Waals surface area contributed by atoms with Crippen LogP contribution in [0.15, 0.2) is 24.5 Å². The van der Waals surface area contributed by atoms with E-state index in [9.17, 15) is 0 Å². The van der Waals surface area contributed by atoms with E-state index in [0.717, 1.165) is 29.7 Å². The fourth-order valence-corrected chi connectivity index (χ4v) is 4.18. The van der Waals surface area contributed by atoms with Crippen molar-refractivity contribution >= 4 is 28.6 Å². The average Bonchev–Trinajstić information content (AvgIpc) is 3.31. The van der Waals surface area contributed by atoms with E-state index in [2.05, 4.69) is 32.2 Å². The van der Waals surface area contributed by atoms with Crippen LogP contribution in [0.3, 0.4) is 0 Å². The number of aryl methyl sites for hydroxylation is 1. The van der Waals surface area contributed by atoms with Crippen molar-refractivity contribution in [3.63, 3.8) is 0 Å². The van der Waals surface area contributed by atoms with Crippen LogP contribution >= 0.6 is 11.6 Å². The Morgan fingerprint density at radius 1 is 1.36 bits per heavy atom. The fraction of sp³-hybridized carbons (Fsp3) is 0.450.